The molecule has 0 unspecified atom stereocenters. The summed E-state index contributed by atoms with van der Waals surface area (Å²) >= 11 is 5.96. The molecule has 0 saturated carbocycles. The van der Waals surface area contributed by atoms with Crippen molar-refractivity contribution in [2.45, 2.75) is 13.3 Å². The summed E-state index contributed by atoms with van der Waals surface area (Å²) in [7, 11) is 0. The number of carbonyl (C=O) groups is 1. The molecule has 0 aliphatic heterocycles. The van der Waals surface area contributed by atoms with E-state index in [1.165, 1.54) is 12.4 Å². The van der Waals surface area contributed by atoms with Crippen molar-refractivity contribution in [2.75, 3.05) is 18.5 Å². The van der Waals surface area contributed by atoms with Crippen molar-refractivity contribution in [2.24, 2.45) is 0 Å². The molecule has 144 valence electrons. The van der Waals surface area contributed by atoms with Crippen molar-refractivity contribution in [3.05, 3.63) is 77.2 Å². The highest BCUT2D eigenvalue weighted by Crippen LogP contribution is 2.26. The number of benzene rings is 2. The van der Waals surface area contributed by atoms with Crippen LogP contribution < -0.4 is 15.4 Å². The van der Waals surface area contributed by atoms with Crippen LogP contribution in [0.15, 0.2) is 60.9 Å². The van der Waals surface area contributed by atoms with Crippen molar-refractivity contribution in [1.82, 2.24) is 15.3 Å². The molecule has 0 fully saturated rings. The van der Waals surface area contributed by atoms with Crippen LogP contribution in [-0.4, -0.2) is 29.0 Å². The van der Waals surface area contributed by atoms with Crippen LogP contribution in [0.2, 0.25) is 5.02 Å². The summed E-state index contributed by atoms with van der Waals surface area (Å²) in [6.07, 6.45) is 3.66. The first-order valence-corrected chi connectivity index (χ1v) is 9.37. The van der Waals surface area contributed by atoms with E-state index >= 15 is 0 Å². The third-order valence-corrected chi connectivity index (χ3v) is 4.16. The van der Waals surface area contributed by atoms with Gasteiger partial charge in [-0.05, 0) is 43.2 Å². The Kier molecular flexibility index (Phi) is 6.81. The zero-order valence-electron chi connectivity index (χ0n) is 15.5. The molecule has 2 N–H and O–H groups in total. The number of carbonyl (C=O) groups excluding carboxylic acids is 1. The predicted molar refractivity (Wildman–Crippen MR) is 110 cm³/mol. The Labute approximate surface area is 168 Å². The van der Waals surface area contributed by atoms with E-state index in [0.717, 1.165) is 17.0 Å². The number of rotatable bonds is 8. The number of hydrogen-bond acceptors (Lipinski definition) is 5. The molecular formula is C21H21ClN4O2. The number of anilines is 2. The van der Waals surface area contributed by atoms with Crippen LogP contribution in [-0.2, 0) is 6.42 Å². The topological polar surface area (TPSA) is 76.1 Å². The molecule has 0 aliphatic rings. The van der Waals surface area contributed by atoms with E-state index in [1.54, 1.807) is 0 Å². The van der Waals surface area contributed by atoms with Crippen molar-refractivity contribution in [3.8, 4) is 5.75 Å². The Balaban J connectivity index is 1.55. The van der Waals surface area contributed by atoms with Crippen LogP contribution in [0.4, 0.5) is 11.5 Å². The first-order chi connectivity index (χ1) is 13.7. The van der Waals surface area contributed by atoms with Crippen LogP contribution in [0.5, 0.6) is 5.75 Å². The second-order valence-electron chi connectivity index (χ2n) is 5.98. The standard InChI is InChI=1S/C21H21ClN4O2/c1-2-28-19-9-4-3-8-17(19)26-20-14-24-18(13-25-20)21(27)23-11-10-15-6-5-7-16(22)12-15/h3-9,12-14H,2,10-11H2,1H3,(H,23,27)(H,25,26). The molecule has 1 amide bonds. The zero-order valence-corrected chi connectivity index (χ0v) is 16.2. The quantitative estimate of drug-likeness (QED) is 0.595. The minimum atomic E-state index is -0.268. The lowest BCUT2D eigenvalue weighted by Crippen LogP contribution is -2.26. The fourth-order valence-corrected chi connectivity index (χ4v) is 2.82. The SMILES string of the molecule is CCOc1ccccc1Nc1cnc(C(=O)NCCc2cccc(Cl)c2)cn1. The van der Waals surface area contributed by atoms with E-state index in [0.29, 0.717) is 30.4 Å². The molecule has 0 saturated heterocycles. The first-order valence-electron chi connectivity index (χ1n) is 8.99. The number of nitrogens with zero attached hydrogens (tertiary/aromatic N) is 2. The number of hydrogen-bond donors (Lipinski definition) is 2. The monoisotopic (exact) mass is 396 g/mol. The summed E-state index contributed by atoms with van der Waals surface area (Å²) < 4.78 is 5.58. The number of para-hydroxylation sites is 2. The lowest BCUT2D eigenvalue weighted by molar-refractivity contribution is 0.0949. The van der Waals surface area contributed by atoms with Crippen LogP contribution in [0.3, 0.4) is 0 Å². The molecule has 0 atom stereocenters. The highest BCUT2D eigenvalue weighted by Gasteiger charge is 2.09. The highest BCUT2D eigenvalue weighted by atomic mass is 35.5. The number of nitrogens with one attached hydrogen (secondary N) is 2. The summed E-state index contributed by atoms with van der Waals surface area (Å²) in [6, 6.07) is 15.1. The third kappa shape index (κ3) is 5.44. The summed E-state index contributed by atoms with van der Waals surface area (Å²) in [5.41, 5.74) is 2.11. The summed E-state index contributed by atoms with van der Waals surface area (Å²) in [4.78, 5) is 20.7. The van der Waals surface area contributed by atoms with Gasteiger partial charge in [0.2, 0.25) is 0 Å². The first kappa shape index (κ1) is 19.6. The number of ether oxygens (including phenoxy) is 1. The molecule has 3 rings (SSSR count). The maximum Gasteiger partial charge on any atom is 0.271 e. The van der Waals surface area contributed by atoms with E-state index < -0.39 is 0 Å². The van der Waals surface area contributed by atoms with E-state index in [2.05, 4.69) is 20.6 Å². The van der Waals surface area contributed by atoms with Crippen molar-refractivity contribution >= 4 is 29.0 Å². The Hall–Kier alpha value is -3.12. The van der Waals surface area contributed by atoms with Gasteiger partial charge in [0.05, 0.1) is 24.7 Å². The largest absolute Gasteiger partial charge is 0.492 e. The molecule has 0 bridgehead atoms. The minimum Gasteiger partial charge on any atom is -0.492 e. The second kappa shape index (κ2) is 9.71. The molecule has 0 radical (unpaired) electrons. The van der Waals surface area contributed by atoms with Gasteiger partial charge in [-0.3, -0.25) is 4.79 Å². The lowest BCUT2D eigenvalue weighted by atomic mass is 10.1. The highest BCUT2D eigenvalue weighted by molar-refractivity contribution is 6.30. The Morgan fingerprint density at radius 2 is 1.96 bits per heavy atom. The Bertz CT molecular complexity index is 932. The molecule has 0 aliphatic carbocycles. The van der Waals surface area contributed by atoms with Gasteiger partial charge in [0.1, 0.15) is 17.3 Å². The zero-order chi connectivity index (χ0) is 19.8. The number of halogens is 1. The summed E-state index contributed by atoms with van der Waals surface area (Å²) in [5, 5.41) is 6.67. The maximum atomic E-state index is 12.2. The van der Waals surface area contributed by atoms with Crippen LogP contribution in [0, 0.1) is 0 Å². The lowest BCUT2D eigenvalue weighted by Gasteiger charge is -2.11. The van der Waals surface area contributed by atoms with E-state index in [4.69, 9.17) is 16.3 Å². The average molecular weight is 397 g/mol. The minimum absolute atomic E-state index is 0.259. The van der Waals surface area contributed by atoms with Gasteiger partial charge in [0.25, 0.3) is 5.91 Å². The molecule has 1 aromatic heterocycles. The predicted octanol–water partition coefficient (Wildman–Crippen LogP) is 4.24. The fraction of sp³-hybridized carbons (Fsp3) is 0.190. The van der Waals surface area contributed by atoms with Crippen LogP contribution in [0.1, 0.15) is 23.0 Å². The number of aromatic nitrogens is 2. The molecule has 0 spiro atoms. The van der Waals surface area contributed by atoms with E-state index in [9.17, 15) is 4.79 Å². The van der Waals surface area contributed by atoms with Gasteiger partial charge in [0, 0.05) is 11.6 Å². The van der Waals surface area contributed by atoms with E-state index in [1.807, 2.05) is 55.5 Å². The molecule has 6 nitrogen and oxygen atoms in total. The summed E-state index contributed by atoms with van der Waals surface area (Å²) in [6.45, 7) is 2.98. The number of amides is 1. The smallest absolute Gasteiger partial charge is 0.271 e. The van der Waals surface area contributed by atoms with Crippen LogP contribution >= 0.6 is 11.6 Å². The normalized spacial score (nSPS) is 10.4. The molecule has 2 aromatic carbocycles. The molecule has 1 heterocycles. The van der Waals surface area contributed by atoms with Crippen molar-refractivity contribution in [3.63, 3.8) is 0 Å². The Morgan fingerprint density at radius 3 is 2.71 bits per heavy atom. The second-order valence-corrected chi connectivity index (χ2v) is 6.41. The molecule has 7 heteroatoms. The Morgan fingerprint density at radius 1 is 1.11 bits per heavy atom. The molecule has 28 heavy (non-hydrogen) atoms. The average Bonchev–Trinajstić information content (AvgIpc) is 2.70. The van der Waals surface area contributed by atoms with Gasteiger partial charge >= 0.3 is 0 Å². The van der Waals surface area contributed by atoms with Gasteiger partial charge in [-0.15, -0.1) is 0 Å². The van der Waals surface area contributed by atoms with Crippen molar-refractivity contribution < 1.29 is 9.53 Å². The molecular weight excluding hydrogens is 376 g/mol. The van der Waals surface area contributed by atoms with Gasteiger partial charge in [-0.25, -0.2) is 9.97 Å². The van der Waals surface area contributed by atoms with E-state index in [-0.39, 0.29) is 11.6 Å². The summed E-state index contributed by atoms with van der Waals surface area (Å²) in [5.74, 6) is 0.994. The van der Waals surface area contributed by atoms with Crippen molar-refractivity contribution in [1.29, 1.82) is 0 Å². The van der Waals surface area contributed by atoms with Gasteiger partial charge in [-0.2, -0.15) is 0 Å². The van der Waals surface area contributed by atoms with Gasteiger partial charge in [-0.1, -0.05) is 35.9 Å². The van der Waals surface area contributed by atoms with Gasteiger partial charge in [0.15, 0.2) is 0 Å². The van der Waals surface area contributed by atoms with Gasteiger partial charge < -0.3 is 15.4 Å². The fourth-order valence-electron chi connectivity index (χ4n) is 2.60. The molecule has 3 aromatic rings. The maximum absolute atomic E-state index is 12.2. The van der Waals surface area contributed by atoms with Crippen LogP contribution in [0.25, 0.3) is 0 Å². The third-order valence-electron chi connectivity index (χ3n) is 3.92.